The highest BCUT2D eigenvalue weighted by Gasteiger charge is 2.36. The van der Waals surface area contributed by atoms with E-state index in [1.165, 1.54) is 18.2 Å². The highest BCUT2D eigenvalue weighted by atomic mass is 35.5. The molecule has 0 aliphatic rings. The SMILES string of the molecule is Cn1nc(C(=O)O/N=C(\N)c2ccc(Cl)cc2Cl)cc1C(F)(F)F. The topological polar surface area (TPSA) is 82.5 Å². The van der Waals surface area contributed by atoms with E-state index in [0.29, 0.717) is 15.8 Å². The average Bonchev–Trinajstić information content (AvgIpc) is 2.86. The van der Waals surface area contributed by atoms with Crippen LogP contribution in [0.4, 0.5) is 13.2 Å². The van der Waals surface area contributed by atoms with Gasteiger partial charge in [-0.05, 0) is 18.2 Å². The van der Waals surface area contributed by atoms with Gasteiger partial charge in [0.1, 0.15) is 5.69 Å². The Morgan fingerprint density at radius 1 is 1.33 bits per heavy atom. The number of carbonyl (C=O) groups is 1. The summed E-state index contributed by atoms with van der Waals surface area (Å²) in [7, 11) is 1.05. The molecule has 1 aromatic heterocycles. The lowest BCUT2D eigenvalue weighted by Crippen LogP contribution is -2.16. The number of aryl methyl sites for hydroxylation is 1. The molecule has 0 atom stereocenters. The van der Waals surface area contributed by atoms with E-state index in [4.69, 9.17) is 28.9 Å². The van der Waals surface area contributed by atoms with Gasteiger partial charge in [0.15, 0.2) is 11.5 Å². The monoisotopic (exact) mass is 380 g/mol. The van der Waals surface area contributed by atoms with Crippen molar-refractivity contribution in [3.63, 3.8) is 0 Å². The molecule has 2 rings (SSSR count). The van der Waals surface area contributed by atoms with Crippen molar-refractivity contribution in [2.75, 3.05) is 0 Å². The van der Waals surface area contributed by atoms with Crippen molar-refractivity contribution in [3.8, 4) is 0 Å². The lowest BCUT2D eigenvalue weighted by Gasteiger charge is -2.04. The van der Waals surface area contributed by atoms with Gasteiger partial charge in [0.2, 0.25) is 0 Å². The lowest BCUT2D eigenvalue weighted by molar-refractivity contribution is -0.143. The molecule has 24 heavy (non-hydrogen) atoms. The number of hydrogen-bond acceptors (Lipinski definition) is 4. The Labute approximate surface area is 143 Å². The number of amidine groups is 1. The fourth-order valence-electron chi connectivity index (χ4n) is 1.72. The van der Waals surface area contributed by atoms with Crippen molar-refractivity contribution in [2.45, 2.75) is 6.18 Å². The minimum Gasteiger partial charge on any atom is -0.380 e. The molecule has 0 spiro atoms. The van der Waals surface area contributed by atoms with Crippen LogP contribution in [0.25, 0.3) is 0 Å². The van der Waals surface area contributed by atoms with Gasteiger partial charge in [0.25, 0.3) is 0 Å². The van der Waals surface area contributed by atoms with Crippen LogP contribution in [-0.2, 0) is 18.1 Å². The molecule has 0 fully saturated rings. The first-order valence-electron chi connectivity index (χ1n) is 6.21. The van der Waals surface area contributed by atoms with Crippen LogP contribution in [0.3, 0.4) is 0 Å². The first kappa shape index (κ1) is 18.1. The van der Waals surface area contributed by atoms with Crippen molar-refractivity contribution < 1.29 is 22.8 Å². The van der Waals surface area contributed by atoms with E-state index in [1.54, 1.807) is 0 Å². The summed E-state index contributed by atoms with van der Waals surface area (Å²) in [5, 5.41) is 7.30. The predicted molar refractivity (Wildman–Crippen MR) is 80.8 cm³/mol. The zero-order chi connectivity index (χ0) is 18.1. The van der Waals surface area contributed by atoms with E-state index >= 15 is 0 Å². The number of benzene rings is 1. The number of carbonyl (C=O) groups excluding carboxylic acids is 1. The molecule has 0 bridgehead atoms. The largest absolute Gasteiger partial charge is 0.433 e. The summed E-state index contributed by atoms with van der Waals surface area (Å²) in [6, 6.07) is 4.88. The second-order valence-corrected chi connectivity index (χ2v) is 5.36. The summed E-state index contributed by atoms with van der Waals surface area (Å²) in [4.78, 5) is 16.2. The Balaban J connectivity index is 2.18. The van der Waals surface area contributed by atoms with E-state index in [1.807, 2.05) is 0 Å². The van der Waals surface area contributed by atoms with E-state index in [2.05, 4.69) is 15.1 Å². The summed E-state index contributed by atoms with van der Waals surface area (Å²) in [5.74, 6) is -1.45. The molecule has 128 valence electrons. The molecule has 0 saturated heterocycles. The van der Waals surface area contributed by atoms with Gasteiger partial charge >= 0.3 is 12.1 Å². The van der Waals surface area contributed by atoms with Crippen LogP contribution in [0, 0.1) is 0 Å². The van der Waals surface area contributed by atoms with E-state index in [9.17, 15) is 18.0 Å². The smallest absolute Gasteiger partial charge is 0.380 e. The third-order valence-corrected chi connectivity index (χ3v) is 3.36. The second kappa shape index (κ2) is 6.70. The Morgan fingerprint density at radius 2 is 2.00 bits per heavy atom. The zero-order valence-electron chi connectivity index (χ0n) is 11.9. The number of rotatable bonds is 3. The van der Waals surface area contributed by atoms with Crippen LogP contribution in [0.5, 0.6) is 0 Å². The van der Waals surface area contributed by atoms with Gasteiger partial charge in [0.05, 0.1) is 5.02 Å². The number of alkyl halides is 3. The maximum Gasteiger partial charge on any atom is 0.433 e. The van der Waals surface area contributed by atoms with Crippen LogP contribution in [0.2, 0.25) is 10.0 Å². The summed E-state index contributed by atoms with van der Waals surface area (Å²) < 4.78 is 38.5. The van der Waals surface area contributed by atoms with Gasteiger partial charge in [-0.2, -0.15) is 18.3 Å². The average molecular weight is 381 g/mol. The number of halogens is 5. The summed E-state index contributed by atoms with van der Waals surface area (Å²) in [5.41, 5.74) is 4.19. The molecule has 1 aromatic carbocycles. The van der Waals surface area contributed by atoms with E-state index < -0.39 is 23.5 Å². The molecule has 0 saturated carbocycles. The third-order valence-electron chi connectivity index (χ3n) is 2.81. The van der Waals surface area contributed by atoms with Crippen LogP contribution in [0.1, 0.15) is 21.7 Å². The molecule has 11 heteroatoms. The van der Waals surface area contributed by atoms with Crippen molar-refractivity contribution in [1.82, 2.24) is 9.78 Å². The number of hydrogen-bond donors (Lipinski definition) is 1. The van der Waals surface area contributed by atoms with Gasteiger partial charge in [-0.15, -0.1) is 0 Å². The van der Waals surface area contributed by atoms with Gasteiger partial charge in [-0.25, -0.2) is 4.79 Å². The van der Waals surface area contributed by atoms with Crippen LogP contribution >= 0.6 is 23.2 Å². The molecule has 6 nitrogen and oxygen atoms in total. The van der Waals surface area contributed by atoms with Gasteiger partial charge in [-0.1, -0.05) is 28.4 Å². The molecule has 2 N–H and O–H groups in total. The molecule has 0 aliphatic heterocycles. The quantitative estimate of drug-likeness (QED) is 0.383. The van der Waals surface area contributed by atoms with Crippen molar-refractivity contribution in [3.05, 3.63) is 51.3 Å². The van der Waals surface area contributed by atoms with Crippen molar-refractivity contribution in [2.24, 2.45) is 17.9 Å². The molecular formula is C13H9Cl2F3N4O2. The second-order valence-electron chi connectivity index (χ2n) is 4.52. The number of nitrogens with two attached hydrogens (primary N) is 1. The van der Waals surface area contributed by atoms with Crippen molar-refractivity contribution in [1.29, 1.82) is 0 Å². The fraction of sp³-hybridized carbons (Fsp3) is 0.154. The number of oxime groups is 1. The molecule has 0 radical (unpaired) electrons. The van der Waals surface area contributed by atoms with Crippen LogP contribution in [0.15, 0.2) is 29.4 Å². The Kier molecular flexibility index (Phi) is 5.05. The first-order valence-corrected chi connectivity index (χ1v) is 6.96. The molecular weight excluding hydrogens is 372 g/mol. The Bertz CT molecular complexity index is 818. The van der Waals surface area contributed by atoms with Crippen molar-refractivity contribution >= 4 is 35.0 Å². The zero-order valence-corrected chi connectivity index (χ0v) is 13.4. The molecule has 0 aliphatic carbocycles. The first-order chi connectivity index (χ1) is 11.1. The molecule has 1 heterocycles. The minimum atomic E-state index is -4.65. The Hall–Kier alpha value is -2.26. The van der Waals surface area contributed by atoms with Crippen LogP contribution < -0.4 is 5.73 Å². The normalized spacial score (nSPS) is 12.3. The highest BCUT2D eigenvalue weighted by Crippen LogP contribution is 2.29. The number of nitrogens with zero attached hydrogens (tertiary/aromatic N) is 3. The van der Waals surface area contributed by atoms with Gasteiger partial charge < -0.3 is 10.6 Å². The third kappa shape index (κ3) is 3.98. The molecule has 0 unspecified atom stereocenters. The van der Waals surface area contributed by atoms with Gasteiger partial charge in [-0.3, -0.25) is 4.68 Å². The highest BCUT2D eigenvalue weighted by molar-refractivity contribution is 6.36. The standard InChI is InChI=1S/C13H9Cl2F3N4O2/c1-22-10(13(16,17)18)5-9(20-22)12(23)24-21-11(19)7-3-2-6(14)4-8(7)15/h2-5H,1H3,(H2,19,21). The van der Waals surface area contributed by atoms with E-state index in [-0.39, 0.29) is 16.4 Å². The lowest BCUT2D eigenvalue weighted by atomic mass is 10.2. The maximum absolute atomic E-state index is 12.7. The van der Waals surface area contributed by atoms with Gasteiger partial charge in [0, 0.05) is 23.7 Å². The fourth-order valence-corrected chi connectivity index (χ4v) is 2.22. The summed E-state index contributed by atoms with van der Waals surface area (Å²) in [6.07, 6.45) is -4.65. The molecule has 0 amide bonds. The predicted octanol–water partition coefficient (Wildman–Crippen LogP) is 3.22. The summed E-state index contributed by atoms with van der Waals surface area (Å²) >= 11 is 11.6. The maximum atomic E-state index is 12.7. The summed E-state index contributed by atoms with van der Waals surface area (Å²) in [6.45, 7) is 0. The minimum absolute atomic E-state index is 0.164. The Morgan fingerprint density at radius 3 is 2.54 bits per heavy atom. The van der Waals surface area contributed by atoms with E-state index in [0.717, 1.165) is 7.05 Å². The molecule has 2 aromatic rings. The van der Waals surface area contributed by atoms with Crippen LogP contribution in [-0.4, -0.2) is 21.6 Å². The number of aromatic nitrogens is 2.